The molecule has 4 rings (SSSR count). The van der Waals surface area contributed by atoms with Crippen LogP contribution in [0.3, 0.4) is 0 Å². The zero-order chi connectivity index (χ0) is 25.5. The summed E-state index contributed by atoms with van der Waals surface area (Å²) in [6.45, 7) is 8.09. The van der Waals surface area contributed by atoms with E-state index < -0.39 is 12.0 Å². The first-order chi connectivity index (χ1) is 17.5. The second-order valence-corrected chi connectivity index (χ2v) is 8.58. The van der Waals surface area contributed by atoms with Gasteiger partial charge in [0, 0.05) is 38.4 Å². The Morgan fingerprint density at radius 3 is 2.39 bits per heavy atom. The lowest BCUT2D eigenvalue weighted by molar-refractivity contribution is -0.139. The number of methoxy groups -OCH3 is 1. The number of amides is 2. The number of para-hydroxylation sites is 2. The minimum atomic E-state index is -0.613. The summed E-state index contributed by atoms with van der Waals surface area (Å²) in [7, 11) is 1.68. The first-order valence-corrected chi connectivity index (χ1v) is 12.3. The van der Waals surface area contributed by atoms with Gasteiger partial charge < -0.3 is 29.7 Å². The largest absolute Gasteiger partial charge is 0.495 e. The number of ether oxygens (including phenoxy) is 3. The summed E-state index contributed by atoms with van der Waals surface area (Å²) in [5, 5.41) is 5.77. The van der Waals surface area contributed by atoms with Crippen molar-refractivity contribution in [3.05, 3.63) is 65.4 Å². The predicted octanol–water partition coefficient (Wildman–Crippen LogP) is 3.09. The summed E-state index contributed by atoms with van der Waals surface area (Å²) >= 11 is 0. The monoisotopic (exact) mass is 494 g/mol. The molecule has 2 aliphatic heterocycles. The van der Waals surface area contributed by atoms with Crippen molar-refractivity contribution in [1.82, 2.24) is 15.5 Å². The van der Waals surface area contributed by atoms with E-state index in [0.717, 1.165) is 48.9 Å². The number of carbonyl (C=O) groups excluding carboxylic acids is 2. The van der Waals surface area contributed by atoms with Crippen LogP contribution in [0.2, 0.25) is 0 Å². The van der Waals surface area contributed by atoms with Crippen LogP contribution < -0.4 is 25.0 Å². The molecule has 2 heterocycles. The Balaban J connectivity index is 1.55. The minimum Gasteiger partial charge on any atom is -0.495 e. The maximum atomic E-state index is 13.1. The number of piperazine rings is 1. The van der Waals surface area contributed by atoms with Crippen LogP contribution in [0.5, 0.6) is 11.5 Å². The molecule has 0 unspecified atom stereocenters. The number of urea groups is 1. The highest BCUT2D eigenvalue weighted by molar-refractivity contribution is 5.95. The van der Waals surface area contributed by atoms with Gasteiger partial charge >= 0.3 is 12.0 Å². The van der Waals surface area contributed by atoms with Gasteiger partial charge in [-0.3, -0.25) is 4.90 Å². The quantitative estimate of drug-likeness (QED) is 0.518. The molecule has 2 N–H and O–H groups in total. The van der Waals surface area contributed by atoms with Gasteiger partial charge in [0.15, 0.2) is 0 Å². The standard InChI is InChI=1S/C27H34N4O5/c1-4-35-20-12-10-19(11-13-20)25-24(26(32)36-5-2)21(28-27(33)29-25)18-30-14-16-31(17-15-30)22-8-6-7-9-23(22)34-3/h6-13,25H,4-5,14-18H2,1-3H3,(H2,28,29,33)/t25-/m0/s1. The smallest absolute Gasteiger partial charge is 0.338 e. The second-order valence-electron chi connectivity index (χ2n) is 8.58. The van der Waals surface area contributed by atoms with E-state index in [1.807, 2.05) is 49.4 Å². The second kappa shape index (κ2) is 11.8. The molecule has 0 spiro atoms. The Bertz CT molecular complexity index is 1090. The lowest BCUT2D eigenvalue weighted by Crippen LogP contribution is -2.51. The Kier molecular flexibility index (Phi) is 8.32. The van der Waals surface area contributed by atoms with Crippen molar-refractivity contribution in [2.24, 2.45) is 0 Å². The van der Waals surface area contributed by atoms with Gasteiger partial charge in [0.2, 0.25) is 0 Å². The van der Waals surface area contributed by atoms with Gasteiger partial charge in [0.1, 0.15) is 11.5 Å². The van der Waals surface area contributed by atoms with Crippen molar-refractivity contribution >= 4 is 17.7 Å². The Labute approximate surface area is 212 Å². The van der Waals surface area contributed by atoms with E-state index in [2.05, 4.69) is 26.5 Å². The topological polar surface area (TPSA) is 92.4 Å². The summed E-state index contributed by atoms with van der Waals surface area (Å²) in [5.41, 5.74) is 2.85. The number of nitrogens with one attached hydrogen (secondary N) is 2. The number of anilines is 1. The highest BCUT2D eigenvalue weighted by Gasteiger charge is 2.34. The van der Waals surface area contributed by atoms with E-state index in [1.54, 1.807) is 14.0 Å². The van der Waals surface area contributed by atoms with Crippen LogP contribution in [0, 0.1) is 0 Å². The van der Waals surface area contributed by atoms with Crippen molar-refractivity contribution in [1.29, 1.82) is 0 Å². The molecular weight excluding hydrogens is 460 g/mol. The first-order valence-electron chi connectivity index (χ1n) is 12.3. The lowest BCUT2D eigenvalue weighted by Gasteiger charge is -2.38. The van der Waals surface area contributed by atoms with Gasteiger partial charge in [-0.1, -0.05) is 24.3 Å². The van der Waals surface area contributed by atoms with E-state index in [-0.39, 0.29) is 12.6 Å². The van der Waals surface area contributed by atoms with Gasteiger partial charge in [0.25, 0.3) is 0 Å². The molecule has 0 radical (unpaired) electrons. The van der Waals surface area contributed by atoms with Crippen molar-refractivity contribution in [3.8, 4) is 11.5 Å². The summed E-state index contributed by atoms with van der Waals surface area (Å²) < 4.78 is 16.5. The molecule has 0 aromatic heterocycles. The van der Waals surface area contributed by atoms with Gasteiger partial charge in [0.05, 0.1) is 37.6 Å². The molecule has 2 amide bonds. The Morgan fingerprint density at radius 1 is 1.00 bits per heavy atom. The molecule has 2 aromatic carbocycles. The number of hydrogen-bond acceptors (Lipinski definition) is 7. The number of hydrogen-bond donors (Lipinski definition) is 2. The van der Waals surface area contributed by atoms with Crippen LogP contribution in [0.15, 0.2) is 59.8 Å². The normalized spacial score (nSPS) is 18.4. The van der Waals surface area contributed by atoms with Gasteiger partial charge in [-0.05, 0) is 43.7 Å². The average Bonchev–Trinajstić information content (AvgIpc) is 2.89. The molecule has 1 atom stereocenters. The number of rotatable bonds is 9. The van der Waals surface area contributed by atoms with Crippen molar-refractivity contribution in [2.75, 3.05) is 57.9 Å². The van der Waals surface area contributed by atoms with Crippen LogP contribution in [0.1, 0.15) is 25.5 Å². The Morgan fingerprint density at radius 2 is 1.72 bits per heavy atom. The van der Waals surface area contributed by atoms with Crippen molar-refractivity contribution in [2.45, 2.75) is 19.9 Å². The molecule has 0 aliphatic carbocycles. The molecule has 36 heavy (non-hydrogen) atoms. The van der Waals surface area contributed by atoms with E-state index in [0.29, 0.717) is 24.4 Å². The van der Waals surface area contributed by atoms with Gasteiger partial charge in [-0.15, -0.1) is 0 Å². The fourth-order valence-corrected chi connectivity index (χ4v) is 4.63. The molecule has 1 saturated heterocycles. The maximum Gasteiger partial charge on any atom is 0.338 e. The molecule has 9 heteroatoms. The van der Waals surface area contributed by atoms with E-state index in [1.165, 1.54) is 0 Å². The summed E-state index contributed by atoms with van der Waals surface area (Å²) in [6.07, 6.45) is 0. The van der Waals surface area contributed by atoms with E-state index in [9.17, 15) is 9.59 Å². The maximum absolute atomic E-state index is 13.1. The molecule has 9 nitrogen and oxygen atoms in total. The zero-order valence-corrected chi connectivity index (χ0v) is 21.1. The fourth-order valence-electron chi connectivity index (χ4n) is 4.63. The summed E-state index contributed by atoms with van der Waals surface area (Å²) in [6, 6.07) is 14.4. The van der Waals surface area contributed by atoms with Crippen molar-refractivity contribution in [3.63, 3.8) is 0 Å². The van der Waals surface area contributed by atoms with Crippen molar-refractivity contribution < 1.29 is 23.8 Å². The first kappa shape index (κ1) is 25.4. The summed E-state index contributed by atoms with van der Waals surface area (Å²) in [5.74, 6) is 1.14. The van der Waals surface area contributed by atoms with Crippen LogP contribution in [0.4, 0.5) is 10.5 Å². The fraction of sp³-hybridized carbons (Fsp3) is 0.407. The minimum absolute atomic E-state index is 0.247. The van der Waals surface area contributed by atoms with E-state index in [4.69, 9.17) is 14.2 Å². The number of benzene rings is 2. The number of nitrogens with zero attached hydrogens (tertiary/aromatic N) is 2. The third kappa shape index (κ3) is 5.73. The molecule has 2 aromatic rings. The average molecular weight is 495 g/mol. The Hall–Kier alpha value is -3.72. The predicted molar refractivity (Wildman–Crippen MR) is 137 cm³/mol. The molecule has 0 saturated carbocycles. The summed E-state index contributed by atoms with van der Waals surface area (Å²) in [4.78, 5) is 30.2. The SMILES string of the molecule is CCOC(=O)C1=C(CN2CCN(c3ccccc3OC)CC2)NC(=O)N[C@H]1c1ccc(OCC)cc1. The van der Waals surface area contributed by atoms with Crippen LogP contribution in [-0.4, -0.2) is 69.9 Å². The highest BCUT2D eigenvalue weighted by Crippen LogP contribution is 2.31. The van der Waals surface area contributed by atoms with Gasteiger partial charge in [-0.2, -0.15) is 0 Å². The third-order valence-corrected chi connectivity index (χ3v) is 6.35. The zero-order valence-electron chi connectivity index (χ0n) is 21.1. The number of carbonyl (C=O) groups is 2. The lowest BCUT2D eigenvalue weighted by atomic mass is 9.94. The van der Waals surface area contributed by atoms with Crippen LogP contribution in [0.25, 0.3) is 0 Å². The molecule has 0 bridgehead atoms. The molecular formula is C27H34N4O5. The van der Waals surface area contributed by atoms with Crippen LogP contribution in [-0.2, 0) is 9.53 Å². The van der Waals surface area contributed by atoms with Gasteiger partial charge in [-0.25, -0.2) is 9.59 Å². The highest BCUT2D eigenvalue weighted by atomic mass is 16.5. The van der Waals surface area contributed by atoms with E-state index >= 15 is 0 Å². The van der Waals surface area contributed by atoms with Crippen LogP contribution >= 0.6 is 0 Å². The number of esters is 1. The molecule has 192 valence electrons. The molecule has 1 fully saturated rings. The third-order valence-electron chi connectivity index (χ3n) is 6.35. The molecule has 2 aliphatic rings.